The summed E-state index contributed by atoms with van der Waals surface area (Å²) in [4.78, 5) is 14.8. The Kier molecular flexibility index (Phi) is 4.09. The highest BCUT2D eigenvalue weighted by Crippen LogP contribution is 2.23. The van der Waals surface area contributed by atoms with Crippen LogP contribution in [0.1, 0.15) is 25.0 Å². The van der Waals surface area contributed by atoms with E-state index in [1.54, 1.807) is 6.07 Å². The van der Waals surface area contributed by atoms with Crippen molar-refractivity contribution in [3.63, 3.8) is 0 Å². The monoisotopic (exact) mass is 250 g/mol. The number of aromatic nitrogens is 1. The molecular formula is C12H18N4O2. The van der Waals surface area contributed by atoms with E-state index in [9.17, 15) is 10.1 Å². The van der Waals surface area contributed by atoms with Gasteiger partial charge in [0.1, 0.15) is 0 Å². The molecule has 1 saturated heterocycles. The average Bonchev–Trinajstić information content (AvgIpc) is 2.57. The summed E-state index contributed by atoms with van der Waals surface area (Å²) in [5, 5.41) is 17.5. The standard InChI is InChI=1S/C12H18N4O2/c1-9-5-6-11(16(17)18)12(14-9)15-10-4-2-3-7-13-8-10/h5-6,10,13H,2-4,7-8H2,1H3,(H,14,15). The number of hydrogen-bond donors (Lipinski definition) is 2. The average molecular weight is 250 g/mol. The minimum atomic E-state index is -0.390. The molecule has 1 aromatic heterocycles. The number of pyridine rings is 1. The summed E-state index contributed by atoms with van der Waals surface area (Å²) in [5.74, 6) is 0.383. The van der Waals surface area contributed by atoms with Crippen LogP contribution in [0.4, 0.5) is 11.5 Å². The van der Waals surface area contributed by atoms with Crippen LogP contribution < -0.4 is 10.6 Å². The van der Waals surface area contributed by atoms with Crippen LogP contribution in [0.3, 0.4) is 0 Å². The maximum absolute atomic E-state index is 11.0. The number of anilines is 1. The molecule has 0 spiro atoms. The zero-order valence-electron chi connectivity index (χ0n) is 10.5. The largest absolute Gasteiger partial charge is 0.360 e. The molecule has 1 fully saturated rings. The smallest absolute Gasteiger partial charge is 0.311 e. The Morgan fingerprint density at radius 3 is 3.11 bits per heavy atom. The first-order valence-corrected chi connectivity index (χ1v) is 6.26. The molecule has 2 heterocycles. The van der Waals surface area contributed by atoms with Crippen LogP contribution in [0.25, 0.3) is 0 Å². The van der Waals surface area contributed by atoms with Crippen molar-refractivity contribution in [2.75, 3.05) is 18.4 Å². The molecule has 1 atom stereocenters. The zero-order chi connectivity index (χ0) is 13.0. The molecule has 0 aromatic carbocycles. The van der Waals surface area contributed by atoms with Gasteiger partial charge < -0.3 is 10.6 Å². The lowest BCUT2D eigenvalue weighted by Crippen LogP contribution is -2.31. The van der Waals surface area contributed by atoms with Crippen LogP contribution in [-0.2, 0) is 0 Å². The molecule has 0 radical (unpaired) electrons. The van der Waals surface area contributed by atoms with Crippen molar-refractivity contribution in [1.29, 1.82) is 0 Å². The van der Waals surface area contributed by atoms with Crippen molar-refractivity contribution in [3.05, 3.63) is 27.9 Å². The van der Waals surface area contributed by atoms with Crippen molar-refractivity contribution < 1.29 is 4.92 Å². The van der Waals surface area contributed by atoms with Crippen LogP contribution >= 0.6 is 0 Å². The second-order valence-corrected chi connectivity index (χ2v) is 4.62. The third kappa shape index (κ3) is 3.16. The van der Waals surface area contributed by atoms with E-state index in [-0.39, 0.29) is 16.7 Å². The Morgan fingerprint density at radius 2 is 2.33 bits per heavy atom. The fourth-order valence-corrected chi connectivity index (χ4v) is 2.14. The lowest BCUT2D eigenvalue weighted by Gasteiger charge is -2.17. The summed E-state index contributed by atoms with van der Waals surface area (Å²) in [5.41, 5.74) is 0.828. The third-order valence-corrected chi connectivity index (χ3v) is 3.10. The molecule has 1 aliphatic rings. The van der Waals surface area contributed by atoms with E-state index >= 15 is 0 Å². The number of aryl methyl sites for hydroxylation is 1. The van der Waals surface area contributed by atoms with E-state index in [0.29, 0.717) is 5.82 Å². The van der Waals surface area contributed by atoms with Gasteiger partial charge in [0.25, 0.3) is 0 Å². The molecule has 1 unspecified atom stereocenters. The Hall–Kier alpha value is -1.69. The van der Waals surface area contributed by atoms with E-state index < -0.39 is 0 Å². The van der Waals surface area contributed by atoms with Gasteiger partial charge in [-0.2, -0.15) is 0 Å². The maximum atomic E-state index is 11.0. The fraction of sp³-hybridized carbons (Fsp3) is 0.583. The first-order valence-electron chi connectivity index (χ1n) is 6.26. The maximum Gasteiger partial charge on any atom is 0.311 e. The molecular weight excluding hydrogens is 232 g/mol. The van der Waals surface area contributed by atoms with E-state index in [4.69, 9.17) is 0 Å². The van der Waals surface area contributed by atoms with Crippen molar-refractivity contribution in [2.24, 2.45) is 0 Å². The van der Waals surface area contributed by atoms with Crippen molar-refractivity contribution >= 4 is 11.5 Å². The van der Waals surface area contributed by atoms with Crippen molar-refractivity contribution in [2.45, 2.75) is 32.2 Å². The molecule has 2 rings (SSSR count). The van der Waals surface area contributed by atoms with Crippen molar-refractivity contribution in [1.82, 2.24) is 10.3 Å². The zero-order valence-corrected chi connectivity index (χ0v) is 10.5. The van der Waals surface area contributed by atoms with Gasteiger partial charge in [0.15, 0.2) is 0 Å². The van der Waals surface area contributed by atoms with Crippen molar-refractivity contribution in [3.8, 4) is 0 Å². The van der Waals surface area contributed by atoms with Gasteiger partial charge >= 0.3 is 5.69 Å². The van der Waals surface area contributed by atoms with Crippen LogP contribution in [0, 0.1) is 17.0 Å². The van der Waals surface area contributed by atoms with Crippen LogP contribution in [-0.4, -0.2) is 29.0 Å². The molecule has 2 N–H and O–H groups in total. The summed E-state index contributed by atoms with van der Waals surface area (Å²) in [6.45, 7) is 3.68. The molecule has 98 valence electrons. The second kappa shape index (κ2) is 5.77. The first kappa shape index (κ1) is 12.8. The van der Waals surface area contributed by atoms with Gasteiger partial charge in [-0.1, -0.05) is 6.42 Å². The normalized spacial score (nSPS) is 20.2. The molecule has 6 heteroatoms. The molecule has 1 aromatic rings. The number of rotatable bonds is 3. The number of nitro groups is 1. The Balaban J connectivity index is 2.15. The van der Waals surface area contributed by atoms with Gasteiger partial charge in [0, 0.05) is 24.3 Å². The highest BCUT2D eigenvalue weighted by molar-refractivity contribution is 5.56. The topological polar surface area (TPSA) is 80.1 Å². The summed E-state index contributed by atoms with van der Waals surface area (Å²) < 4.78 is 0. The summed E-state index contributed by atoms with van der Waals surface area (Å²) in [6, 6.07) is 3.38. The summed E-state index contributed by atoms with van der Waals surface area (Å²) in [7, 11) is 0. The van der Waals surface area contributed by atoms with Gasteiger partial charge in [0.2, 0.25) is 5.82 Å². The molecule has 18 heavy (non-hydrogen) atoms. The van der Waals surface area contributed by atoms with E-state index in [1.807, 2.05) is 6.92 Å². The van der Waals surface area contributed by atoms with Crippen LogP contribution in [0.15, 0.2) is 12.1 Å². The second-order valence-electron chi connectivity index (χ2n) is 4.62. The summed E-state index contributed by atoms with van der Waals surface area (Å²) in [6.07, 6.45) is 3.30. The van der Waals surface area contributed by atoms with Gasteiger partial charge in [-0.25, -0.2) is 4.98 Å². The molecule has 6 nitrogen and oxygen atoms in total. The number of hydrogen-bond acceptors (Lipinski definition) is 5. The Labute approximate surface area is 106 Å². The molecule has 0 aliphatic carbocycles. The predicted molar refractivity (Wildman–Crippen MR) is 69.8 cm³/mol. The number of nitrogens with one attached hydrogen (secondary N) is 2. The molecule has 0 amide bonds. The lowest BCUT2D eigenvalue weighted by atomic mass is 10.1. The minimum Gasteiger partial charge on any atom is -0.360 e. The molecule has 0 saturated carbocycles. The first-order chi connectivity index (χ1) is 8.66. The summed E-state index contributed by atoms with van der Waals surface area (Å²) >= 11 is 0. The number of nitrogens with zero attached hydrogens (tertiary/aromatic N) is 2. The van der Waals surface area contributed by atoms with Crippen LogP contribution in [0.5, 0.6) is 0 Å². The SMILES string of the molecule is Cc1ccc([N+](=O)[O-])c(NC2CCCCNC2)n1. The highest BCUT2D eigenvalue weighted by Gasteiger charge is 2.19. The van der Waals surface area contributed by atoms with Crippen LogP contribution in [0.2, 0.25) is 0 Å². The quantitative estimate of drug-likeness (QED) is 0.632. The minimum absolute atomic E-state index is 0.0462. The van der Waals surface area contributed by atoms with Gasteiger partial charge in [-0.3, -0.25) is 10.1 Å². The molecule has 1 aliphatic heterocycles. The predicted octanol–water partition coefficient (Wildman–Crippen LogP) is 1.85. The van der Waals surface area contributed by atoms with E-state index in [2.05, 4.69) is 15.6 Å². The van der Waals surface area contributed by atoms with E-state index in [1.165, 1.54) is 6.07 Å². The van der Waals surface area contributed by atoms with E-state index in [0.717, 1.165) is 38.0 Å². The van der Waals surface area contributed by atoms with Gasteiger partial charge in [0.05, 0.1) is 4.92 Å². The Morgan fingerprint density at radius 1 is 1.50 bits per heavy atom. The highest BCUT2D eigenvalue weighted by atomic mass is 16.6. The molecule has 0 bridgehead atoms. The Bertz CT molecular complexity index is 428. The van der Waals surface area contributed by atoms with Gasteiger partial charge in [-0.15, -0.1) is 0 Å². The van der Waals surface area contributed by atoms with Gasteiger partial charge in [-0.05, 0) is 32.4 Å². The fourth-order valence-electron chi connectivity index (χ4n) is 2.14. The lowest BCUT2D eigenvalue weighted by molar-refractivity contribution is -0.384. The third-order valence-electron chi connectivity index (χ3n) is 3.10.